The topological polar surface area (TPSA) is 36.9 Å². The molecule has 0 radical (unpaired) electrons. The van der Waals surface area contributed by atoms with Gasteiger partial charge in [0, 0.05) is 31.2 Å². The van der Waals surface area contributed by atoms with Gasteiger partial charge in [0.15, 0.2) is 11.6 Å². The minimum absolute atomic E-state index is 0.0686. The third kappa shape index (κ3) is 5.52. The van der Waals surface area contributed by atoms with Gasteiger partial charge in [-0.3, -0.25) is 0 Å². The Bertz CT molecular complexity index is 1100. The first-order valence-electron chi connectivity index (χ1n) is 12.5. The Labute approximate surface area is 208 Å². The number of allylic oxidation sites excluding steroid dienone is 1. The van der Waals surface area contributed by atoms with Crippen LogP contribution < -0.4 is 0 Å². The molecule has 2 aliphatic heterocycles. The number of benzene rings is 2. The second kappa shape index (κ2) is 10.6. The predicted octanol–water partition coefficient (Wildman–Crippen LogP) is 6.64. The van der Waals surface area contributed by atoms with Crippen LogP contribution in [0.4, 0.5) is 17.6 Å². The number of hydrogen-bond acceptors (Lipinski definition) is 4. The summed E-state index contributed by atoms with van der Waals surface area (Å²) in [4.78, 5) is 0. The van der Waals surface area contributed by atoms with Gasteiger partial charge in [-0.1, -0.05) is 6.08 Å². The molecule has 4 nitrogen and oxygen atoms in total. The van der Waals surface area contributed by atoms with E-state index in [0.29, 0.717) is 56.8 Å². The highest BCUT2D eigenvalue weighted by molar-refractivity contribution is 5.67. The summed E-state index contributed by atoms with van der Waals surface area (Å²) in [5.41, 5.74) is 1.67. The molecule has 0 unspecified atom stereocenters. The van der Waals surface area contributed by atoms with Crippen LogP contribution in [0.2, 0.25) is 0 Å². The normalized spacial score (nSPS) is 22.9. The predicted molar refractivity (Wildman–Crippen MR) is 125 cm³/mol. The van der Waals surface area contributed by atoms with Crippen molar-refractivity contribution >= 4 is 5.57 Å². The van der Waals surface area contributed by atoms with Crippen molar-refractivity contribution < 1.29 is 36.5 Å². The SMILES string of the molecule is Fc1ccc(F)c(C2=CCC3(CC2)OCCO3)c1.Fc1ccc(F)c(C2CCC3(CC2)OCCO3)c1. The van der Waals surface area contributed by atoms with Gasteiger partial charge in [0.25, 0.3) is 0 Å². The van der Waals surface area contributed by atoms with Gasteiger partial charge in [0.2, 0.25) is 0 Å². The molecule has 6 rings (SSSR count). The molecule has 1 saturated carbocycles. The summed E-state index contributed by atoms with van der Waals surface area (Å²) in [5, 5.41) is 0. The third-order valence-corrected chi connectivity index (χ3v) is 7.48. The summed E-state index contributed by atoms with van der Waals surface area (Å²) in [7, 11) is 0. The van der Waals surface area contributed by atoms with Crippen LogP contribution in [0, 0.1) is 23.3 Å². The van der Waals surface area contributed by atoms with Gasteiger partial charge in [-0.05, 0) is 72.7 Å². The van der Waals surface area contributed by atoms with E-state index in [9.17, 15) is 17.6 Å². The van der Waals surface area contributed by atoms with Crippen molar-refractivity contribution in [1.82, 2.24) is 0 Å². The van der Waals surface area contributed by atoms with Crippen LogP contribution in [0.3, 0.4) is 0 Å². The maximum Gasteiger partial charge on any atom is 0.172 e. The second-order valence-electron chi connectivity index (χ2n) is 9.71. The first-order valence-corrected chi connectivity index (χ1v) is 12.5. The van der Waals surface area contributed by atoms with Crippen LogP contribution in [0.25, 0.3) is 5.57 Å². The van der Waals surface area contributed by atoms with E-state index in [1.54, 1.807) is 0 Å². The Morgan fingerprint density at radius 1 is 0.667 bits per heavy atom. The van der Waals surface area contributed by atoms with Gasteiger partial charge in [0.05, 0.1) is 26.4 Å². The number of ether oxygens (including phenoxy) is 4. The van der Waals surface area contributed by atoms with Crippen molar-refractivity contribution in [2.75, 3.05) is 26.4 Å². The lowest BCUT2D eigenvalue weighted by Gasteiger charge is -2.35. The van der Waals surface area contributed by atoms with Crippen molar-refractivity contribution in [3.05, 3.63) is 76.9 Å². The van der Waals surface area contributed by atoms with E-state index in [4.69, 9.17) is 18.9 Å². The highest BCUT2D eigenvalue weighted by Crippen LogP contribution is 2.43. The molecule has 36 heavy (non-hydrogen) atoms. The van der Waals surface area contributed by atoms with E-state index in [1.807, 2.05) is 6.08 Å². The molecule has 2 aromatic carbocycles. The van der Waals surface area contributed by atoms with Gasteiger partial charge in [-0.25, -0.2) is 17.6 Å². The lowest BCUT2D eigenvalue weighted by molar-refractivity contribution is -0.178. The van der Waals surface area contributed by atoms with Crippen molar-refractivity contribution in [3.63, 3.8) is 0 Å². The Morgan fingerprint density at radius 2 is 1.25 bits per heavy atom. The lowest BCUT2D eigenvalue weighted by Crippen LogP contribution is -2.34. The summed E-state index contributed by atoms with van der Waals surface area (Å²) >= 11 is 0. The van der Waals surface area contributed by atoms with E-state index in [0.717, 1.165) is 43.4 Å². The molecule has 2 aliphatic carbocycles. The Balaban J connectivity index is 0.000000148. The first kappa shape index (κ1) is 25.4. The summed E-state index contributed by atoms with van der Waals surface area (Å²) in [5.74, 6) is -2.38. The molecule has 2 heterocycles. The van der Waals surface area contributed by atoms with Gasteiger partial charge in [-0.2, -0.15) is 0 Å². The minimum Gasteiger partial charge on any atom is -0.348 e. The zero-order chi connectivity index (χ0) is 25.2. The minimum atomic E-state index is -0.521. The molecule has 3 fully saturated rings. The average molecular weight is 507 g/mol. The molecule has 2 saturated heterocycles. The fourth-order valence-electron chi connectivity index (χ4n) is 5.54. The van der Waals surface area contributed by atoms with Gasteiger partial charge in [-0.15, -0.1) is 0 Å². The smallest absolute Gasteiger partial charge is 0.172 e. The fraction of sp³-hybridized carbons (Fsp3) is 0.500. The molecule has 2 spiro atoms. The van der Waals surface area contributed by atoms with E-state index >= 15 is 0 Å². The average Bonchev–Trinajstić information content (AvgIpc) is 3.54. The largest absolute Gasteiger partial charge is 0.348 e. The molecule has 2 aromatic rings. The quantitative estimate of drug-likeness (QED) is 0.428. The molecule has 194 valence electrons. The number of halogens is 4. The Kier molecular flexibility index (Phi) is 7.49. The molecule has 8 heteroatoms. The molecule has 4 aliphatic rings. The molecular formula is C28H30F4O4. The maximum atomic E-state index is 13.7. The Morgan fingerprint density at radius 3 is 1.86 bits per heavy atom. The zero-order valence-corrected chi connectivity index (χ0v) is 20.0. The van der Waals surface area contributed by atoms with E-state index in [2.05, 4.69) is 0 Å². The van der Waals surface area contributed by atoms with E-state index in [-0.39, 0.29) is 23.4 Å². The fourth-order valence-corrected chi connectivity index (χ4v) is 5.54. The van der Waals surface area contributed by atoms with Crippen LogP contribution in [0.15, 0.2) is 42.5 Å². The lowest BCUT2D eigenvalue weighted by atomic mass is 9.81. The molecule has 0 atom stereocenters. The van der Waals surface area contributed by atoms with Gasteiger partial charge < -0.3 is 18.9 Å². The summed E-state index contributed by atoms with van der Waals surface area (Å²) in [6.45, 7) is 2.49. The molecule has 0 aromatic heterocycles. The van der Waals surface area contributed by atoms with E-state index in [1.165, 1.54) is 24.3 Å². The maximum absolute atomic E-state index is 13.7. The highest BCUT2D eigenvalue weighted by atomic mass is 19.1. The van der Waals surface area contributed by atoms with Crippen LogP contribution in [-0.4, -0.2) is 38.0 Å². The molecule has 0 amide bonds. The van der Waals surface area contributed by atoms with Crippen molar-refractivity contribution in [2.24, 2.45) is 0 Å². The van der Waals surface area contributed by atoms with Crippen molar-refractivity contribution in [3.8, 4) is 0 Å². The number of rotatable bonds is 2. The van der Waals surface area contributed by atoms with Crippen LogP contribution in [0.5, 0.6) is 0 Å². The summed E-state index contributed by atoms with van der Waals surface area (Å²) in [6, 6.07) is 7.22. The second-order valence-corrected chi connectivity index (χ2v) is 9.71. The summed E-state index contributed by atoms with van der Waals surface area (Å²) in [6.07, 6.45) is 6.89. The van der Waals surface area contributed by atoms with E-state index < -0.39 is 17.4 Å². The monoisotopic (exact) mass is 506 g/mol. The number of hydrogen-bond donors (Lipinski definition) is 0. The summed E-state index contributed by atoms with van der Waals surface area (Å²) < 4.78 is 76.1. The molecular weight excluding hydrogens is 476 g/mol. The van der Waals surface area contributed by atoms with Crippen LogP contribution in [-0.2, 0) is 18.9 Å². The van der Waals surface area contributed by atoms with Gasteiger partial charge >= 0.3 is 0 Å². The van der Waals surface area contributed by atoms with Crippen molar-refractivity contribution in [2.45, 2.75) is 62.4 Å². The third-order valence-electron chi connectivity index (χ3n) is 7.48. The first-order chi connectivity index (χ1) is 17.4. The van der Waals surface area contributed by atoms with Crippen molar-refractivity contribution in [1.29, 1.82) is 0 Å². The van der Waals surface area contributed by atoms with Crippen LogP contribution in [0.1, 0.15) is 62.0 Å². The zero-order valence-electron chi connectivity index (χ0n) is 20.0. The van der Waals surface area contributed by atoms with Crippen LogP contribution >= 0.6 is 0 Å². The molecule has 0 bridgehead atoms. The Hall–Kier alpha value is -2.26. The molecule has 0 N–H and O–H groups in total. The van der Waals surface area contributed by atoms with Gasteiger partial charge in [0.1, 0.15) is 23.3 Å². The highest BCUT2D eigenvalue weighted by Gasteiger charge is 2.41. The standard InChI is InChI=1S/C14H16F2O2.C14H14F2O2/c2*15-11-1-2-13(16)12(9-11)10-3-5-14(6-4-10)17-7-8-18-14/h1-2,9-10H,3-8H2;1-3,9H,4-8H2.